The number of phenols is 1. The van der Waals surface area contributed by atoms with Crippen LogP contribution >= 0.6 is 0 Å². The van der Waals surface area contributed by atoms with Crippen molar-refractivity contribution in [1.82, 2.24) is 4.90 Å². The van der Waals surface area contributed by atoms with E-state index in [-0.39, 0.29) is 17.3 Å². The lowest BCUT2D eigenvalue weighted by molar-refractivity contribution is -0.0433. The summed E-state index contributed by atoms with van der Waals surface area (Å²) >= 11 is 0. The zero-order valence-electron chi connectivity index (χ0n) is 12.5. The van der Waals surface area contributed by atoms with Crippen LogP contribution in [0.2, 0.25) is 0 Å². The molecule has 2 bridgehead atoms. The quantitative estimate of drug-likeness (QED) is 0.707. The summed E-state index contributed by atoms with van der Waals surface area (Å²) in [5.74, 6) is 1.23. The van der Waals surface area contributed by atoms with Gasteiger partial charge < -0.3 is 19.8 Å². The van der Waals surface area contributed by atoms with Gasteiger partial charge in [-0.25, -0.2) is 0 Å². The predicted octanol–water partition coefficient (Wildman–Crippen LogP) is 1.20. The molecule has 0 amide bonds. The predicted molar refractivity (Wildman–Crippen MR) is 80.0 cm³/mol. The number of ether oxygens (including phenoxy) is 1. The van der Waals surface area contributed by atoms with E-state index in [9.17, 15) is 10.2 Å². The van der Waals surface area contributed by atoms with Crippen molar-refractivity contribution < 1.29 is 14.9 Å². The molecule has 6 unspecified atom stereocenters. The van der Waals surface area contributed by atoms with Crippen molar-refractivity contribution in [3.8, 4) is 11.5 Å². The largest absolute Gasteiger partial charge is 0.504 e. The number of fused-ring (bicyclic) bond motifs is 1. The van der Waals surface area contributed by atoms with Gasteiger partial charge in [0, 0.05) is 34.9 Å². The van der Waals surface area contributed by atoms with Gasteiger partial charge in [-0.2, -0.15) is 0 Å². The number of aliphatic hydroxyl groups excluding tert-OH is 1. The third kappa shape index (κ3) is 0.965. The molecule has 0 radical (unpaired) electrons. The third-order valence-corrected chi connectivity index (χ3v) is 7.06. The monoisotopic (exact) mass is 297 g/mol. The molecule has 22 heavy (non-hydrogen) atoms. The number of phenolic OH excluding ortho intramolecular Hbond substituents is 1. The van der Waals surface area contributed by atoms with Crippen molar-refractivity contribution in [2.24, 2.45) is 11.3 Å². The maximum Gasteiger partial charge on any atom is 0.165 e. The summed E-state index contributed by atoms with van der Waals surface area (Å²) in [4.78, 5) is 2.46. The average molecular weight is 297 g/mol. The highest BCUT2D eigenvalue weighted by molar-refractivity contribution is 5.63. The highest BCUT2D eigenvalue weighted by Crippen LogP contribution is 2.72. The van der Waals surface area contributed by atoms with E-state index < -0.39 is 6.10 Å². The number of aromatic hydroxyl groups is 1. The molecule has 1 saturated carbocycles. The van der Waals surface area contributed by atoms with E-state index in [0.29, 0.717) is 23.1 Å². The average Bonchev–Trinajstić information content (AvgIpc) is 2.92. The van der Waals surface area contributed by atoms with Crippen LogP contribution in [-0.4, -0.2) is 47.0 Å². The van der Waals surface area contributed by atoms with Crippen molar-refractivity contribution >= 4 is 0 Å². The number of rotatable bonds is 0. The van der Waals surface area contributed by atoms with E-state index >= 15 is 0 Å². The zero-order valence-corrected chi connectivity index (χ0v) is 12.5. The second-order valence-electron chi connectivity index (χ2n) is 8.00. The van der Waals surface area contributed by atoms with Crippen molar-refractivity contribution in [1.29, 1.82) is 0 Å². The summed E-state index contributed by atoms with van der Waals surface area (Å²) in [5, 5.41) is 20.8. The van der Waals surface area contributed by atoms with E-state index in [0.717, 1.165) is 19.4 Å². The van der Waals surface area contributed by atoms with Crippen LogP contribution in [0.1, 0.15) is 17.5 Å². The standard InChI is InChI=1S/C18H19NO3/c1-19-8-17-6-9-2-4-11(20)14-13(9)18(7-17)10(15(17)19)3-5-12(21)16(18)22-14/h2-5,10,12,15-16,20-21H,6-8H2,1H3. The molecule has 2 heterocycles. The van der Waals surface area contributed by atoms with Gasteiger partial charge in [-0.3, -0.25) is 0 Å². The highest BCUT2D eigenvalue weighted by Gasteiger charge is 2.75. The van der Waals surface area contributed by atoms with Crippen LogP contribution in [-0.2, 0) is 11.8 Å². The van der Waals surface area contributed by atoms with Crippen LogP contribution in [0.25, 0.3) is 0 Å². The first-order chi connectivity index (χ1) is 10.6. The lowest BCUT2D eigenvalue weighted by atomic mass is 9.60. The Morgan fingerprint density at radius 1 is 1.32 bits per heavy atom. The van der Waals surface area contributed by atoms with Crippen molar-refractivity contribution in [2.45, 2.75) is 36.5 Å². The Labute approximate surface area is 129 Å². The van der Waals surface area contributed by atoms with Crippen LogP contribution in [0, 0.1) is 11.3 Å². The summed E-state index contributed by atoms with van der Waals surface area (Å²) < 4.78 is 6.15. The van der Waals surface area contributed by atoms with Gasteiger partial charge in [0.15, 0.2) is 11.5 Å². The first-order valence-electron chi connectivity index (χ1n) is 8.15. The minimum absolute atomic E-state index is 0.148. The molecule has 6 atom stereocenters. The molecule has 6 rings (SSSR count). The third-order valence-electron chi connectivity index (χ3n) is 7.06. The molecule has 4 heteroatoms. The van der Waals surface area contributed by atoms with E-state index in [2.05, 4.69) is 24.1 Å². The molecule has 2 fully saturated rings. The SMILES string of the molecule is CN1CC23Cc4ccc(O)c5c4C4(C2)C(C=CC(O)C4O5)C13. The van der Waals surface area contributed by atoms with E-state index in [1.54, 1.807) is 6.07 Å². The molecule has 2 N–H and O–H groups in total. The van der Waals surface area contributed by atoms with Crippen LogP contribution < -0.4 is 4.74 Å². The van der Waals surface area contributed by atoms with Crippen molar-refractivity contribution in [3.05, 3.63) is 35.4 Å². The second kappa shape index (κ2) is 3.22. The Morgan fingerprint density at radius 2 is 2.18 bits per heavy atom. The number of nitrogens with zero attached hydrogens (tertiary/aromatic N) is 1. The second-order valence-corrected chi connectivity index (χ2v) is 8.00. The van der Waals surface area contributed by atoms with Crippen LogP contribution in [0.3, 0.4) is 0 Å². The van der Waals surface area contributed by atoms with Gasteiger partial charge in [-0.15, -0.1) is 0 Å². The van der Waals surface area contributed by atoms with Gasteiger partial charge in [0.2, 0.25) is 0 Å². The molecule has 5 aliphatic rings. The topological polar surface area (TPSA) is 52.9 Å². The number of benzene rings is 1. The summed E-state index contributed by atoms with van der Waals surface area (Å²) in [5.41, 5.74) is 2.69. The molecule has 0 aromatic heterocycles. The highest BCUT2D eigenvalue weighted by atomic mass is 16.5. The molecule has 1 saturated heterocycles. The van der Waals surface area contributed by atoms with Crippen LogP contribution in [0.5, 0.6) is 11.5 Å². The number of aliphatic hydroxyl groups is 1. The molecule has 114 valence electrons. The van der Waals surface area contributed by atoms with Gasteiger partial charge in [0.05, 0.1) is 0 Å². The zero-order chi connectivity index (χ0) is 14.9. The first kappa shape index (κ1) is 12.0. The van der Waals surface area contributed by atoms with Gasteiger partial charge >= 0.3 is 0 Å². The van der Waals surface area contributed by atoms with Crippen molar-refractivity contribution in [3.63, 3.8) is 0 Å². The van der Waals surface area contributed by atoms with Crippen molar-refractivity contribution in [2.75, 3.05) is 13.6 Å². The van der Waals surface area contributed by atoms with Crippen LogP contribution in [0.4, 0.5) is 0 Å². The first-order valence-corrected chi connectivity index (χ1v) is 8.15. The molecule has 2 aliphatic heterocycles. The maximum absolute atomic E-state index is 10.5. The number of hydrogen-bond donors (Lipinski definition) is 2. The lowest BCUT2D eigenvalue weighted by Gasteiger charge is -2.54. The van der Waals surface area contributed by atoms with Gasteiger partial charge in [-0.05, 0) is 31.5 Å². The summed E-state index contributed by atoms with van der Waals surface area (Å²) in [6, 6.07) is 4.36. The number of hydrogen-bond acceptors (Lipinski definition) is 4. The molecule has 2 spiro atoms. The Hall–Kier alpha value is -1.52. The Morgan fingerprint density at radius 3 is 3.00 bits per heavy atom. The van der Waals surface area contributed by atoms with E-state index in [1.807, 2.05) is 6.08 Å². The summed E-state index contributed by atoms with van der Waals surface area (Å²) in [6.45, 7) is 1.13. The normalized spacial score (nSPS) is 49.4. The molecular formula is C18H19NO3. The van der Waals surface area contributed by atoms with Gasteiger partial charge in [0.25, 0.3) is 0 Å². The minimum atomic E-state index is -0.589. The summed E-state index contributed by atoms with van der Waals surface area (Å²) in [7, 11) is 2.21. The lowest BCUT2D eigenvalue weighted by Crippen LogP contribution is -2.62. The molecule has 3 aliphatic carbocycles. The number of likely N-dealkylation sites (tertiary alicyclic amines) is 1. The Balaban J connectivity index is 1.71. The molecule has 1 aromatic carbocycles. The molecule has 1 aromatic rings. The fourth-order valence-corrected chi connectivity index (χ4v) is 6.74. The molecular weight excluding hydrogens is 278 g/mol. The van der Waals surface area contributed by atoms with Gasteiger partial charge in [0.1, 0.15) is 12.2 Å². The smallest absolute Gasteiger partial charge is 0.165 e. The van der Waals surface area contributed by atoms with E-state index in [4.69, 9.17) is 4.74 Å². The Bertz CT molecular complexity index is 759. The minimum Gasteiger partial charge on any atom is -0.504 e. The van der Waals surface area contributed by atoms with Gasteiger partial charge in [-0.1, -0.05) is 18.2 Å². The molecule has 4 nitrogen and oxygen atoms in total. The van der Waals surface area contributed by atoms with Crippen LogP contribution in [0.15, 0.2) is 24.3 Å². The summed E-state index contributed by atoms with van der Waals surface area (Å²) in [6.07, 6.45) is 5.44. The maximum atomic E-state index is 10.5. The Kier molecular flexibility index (Phi) is 1.75. The fraction of sp³-hybridized carbons (Fsp3) is 0.556. The van der Waals surface area contributed by atoms with E-state index in [1.165, 1.54) is 11.1 Å². The fourth-order valence-electron chi connectivity index (χ4n) is 6.74.